The van der Waals surface area contributed by atoms with Crippen LogP contribution in [0.2, 0.25) is 0 Å². The molecule has 2 aliphatic rings. The standard InChI is InChI=1S/C10H20N2O2S/c1-2-9-4-3-7-12(9)15(13,14)10-5-6-11-8-10/h9-11H,2-8H2,1H3. The minimum absolute atomic E-state index is 0.176. The first-order chi connectivity index (χ1) is 7.16. The van der Waals surface area contributed by atoms with Gasteiger partial charge in [0.2, 0.25) is 10.0 Å². The molecule has 88 valence electrons. The number of nitrogens with zero attached hydrogens (tertiary/aromatic N) is 1. The molecule has 0 aromatic heterocycles. The fraction of sp³-hybridized carbons (Fsp3) is 1.00. The van der Waals surface area contributed by atoms with Gasteiger partial charge in [0, 0.05) is 19.1 Å². The highest BCUT2D eigenvalue weighted by molar-refractivity contribution is 7.89. The molecule has 0 saturated carbocycles. The van der Waals surface area contributed by atoms with Gasteiger partial charge in [-0.2, -0.15) is 4.31 Å². The van der Waals surface area contributed by atoms with Crippen molar-refractivity contribution < 1.29 is 8.42 Å². The lowest BCUT2D eigenvalue weighted by molar-refractivity contribution is 0.374. The van der Waals surface area contributed by atoms with Gasteiger partial charge in [-0.05, 0) is 32.2 Å². The number of nitrogens with one attached hydrogen (secondary N) is 1. The van der Waals surface area contributed by atoms with E-state index in [1.165, 1.54) is 0 Å². The predicted molar refractivity (Wildman–Crippen MR) is 60.2 cm³/mol. The highest BCUT2D eigenvalue weighted by Gasteiger charge is 2.39. The van der Waals surface area contributed by atoms with Crippen LogP contribution in [-0.2, 0) is 10.0 Å². The van der Waals surface area contributed by atoms with E-state index in [0.29, 0.717) is 6.54 Å². The SMILES string of the molecule is CCC1CCCN1S(=O)(=O)C1CCNC1. The molecule has 0 aromatic rings. The van der Waals surface area contributed by atoms with Crippen molar-refractivity contribution in [2.75, 3.05) is 19.6 Å². The fourth-order valence-corrected chi connectivity index (χ4v) is 4.81. The largest absolute Gasteiger partial charge is 0.315 e. The minimum atomic E-state index is -3.03. The van der Waals surface area contributed by atoms with Gasteiger partial charge in [-0.15, -0.1) is 0 Å². The van der Waals surface area contributed by atoms with E-state index in [9.17, 15) is 8.42 Å². The molecule has 0 aromatic carbocycles. The third kappa shape index (κ3) is 2.05. The Bertz CT molecular complexity index is 309. The lowest BCUT2D eigenvalue weighted by Crippen LogP contribution is -2.42. The van der Waals surface area contributed by atoms with Crippen molar-refractivity contribution in [2.45, 2.75) is 43.9 Å². The summed E-state index contributed by atoms with van der Waals surface area (Å²) in [5.41, 5.74) is 0. The highest BCUT2D eigenvalue weighted by Crippen LogP contribution is 2.27. The molecule has 0 spiro atoms. The van der Waals surface area contributed by atoms with Crippen LogP contribution < -0.4 is 5.32 Å². The summed E-state index contributed by atoms with van der Waals surface area (Å²) in [6, 6.07) is 0.260. The molecular weight excluding hydrogens is 212 g/mol. The maximum Gasteiger partial charge on any atom is 0.218 e. The van der Waals surface area contributed by atoms with Gasteiger partial charge in [0.1, 0.15) is 0 Å². The second kappa shape index (κ2) is 4.39. The quantitative estimate of drug-likeness (QED) is 0.773. The highest BCUT2D eigenvalue weighted by atomic mass is 32.2. The molecule has 2 unspecified atom stereocenters. The van der Waals surface area contributed by atoms with E-state index in [1.54, 1.807) is 4.31 Å². The topological polar surface area (TPSA) is 49.4 Å². The molecule has 1 N–H and O–H groups in total. The molecule has 2 rings (SSSR count). The van der Waals surface area contributed by atoms with Crippen molar-refractivity contribution in [1.82, 2.24) is 9.62 Å². The van der Waals surface area contributed by atoms with Crippen LogP contribution in [0.15, 0.2) is 0 Å². The first kappa shape index (κ1) is 11.4. The molecule has 15 heavy (non-hydrogen) atoms. The van der Waals surface area contributed by atoms with Gasteiger partial charge in [0.25, 0.3) is 0 Å². The Kier molecular flexibility index (Phi) is 3.33. The van der Waals surface area contributed by atoms with Crippen LogP contribution in [0.5, 0.6) is 0 Å². The summed E-state index contributed by atoms with van der Waals surface area (Å²) in [6.07, 6.45) is 3.78. The summed E-state index contributed by atoms with van der Waals surface area (Å²) in [4.78, 5) is 0. The number of sulfonamides is 1. The van der Waals surface area contributed by atoms with Gasteiger partial charge in [0.05, 0.1) is 5.25 Å². The van der Waals surface area contributed by atoms with Crippen LogP contribution in [0.25, 0.3) is 0 Å². The third-order valence-electron chi connectivity index (χ3n) is 3.56. The lowest BCUT2D eigenvalue weighted by Gasteiger charge is -2.26. The van der Waals surface area contributed by atoms with E-state index < -0.39 is 10.0 Å². The monoisotopic (exact) mass is 232 g/mol. The normalized spacial score (nSPS) is 33.7. The molecule has 2 heterocycles. The van der Waals surface area contributed by atoms with Crippen molar-refractivity contribution in [2.24, 2.45) is 0 Å². The van der Waals surface area contributed by atoms with Gasteiger partial charge < -0.3 is 5.32 Å². The Morgan fingerprint density at radius 2 is 2.20 bits per heavy atom. The van der Waals surface area contributed by atoms with E-state index in [-0.39, 0.29) is 11.3 Å². The molecule has 0 radical (unpaired) electrons. The summed E-state index contributed by atoms with van der Waals surface area (Å²) in [5.74, 6) is 0. The summed E-state index contributed by atoms with van der Waals surface area (Å²) in [5, 5.41) is 2.95. The second-order valence-electron chi connectivity index (χ2n) is 4.47. The number of hydrogen-bond donors (Lipinski definition) is 1. The molecule has 0 aliphatic carbocycles. The number of rotatable bonds is 3. The average Bonchev–Trinajstić information content (AvgIpc) is 2.89. The van der Waals surface area contributed by atoms with Crippen molar-refractivity contribution >= 4 is 10.0 Å². The summed E-state index contributed by atoms with van der Waals surface area (Å²) in [6.45, 7) is 4.28. The predicted octanol–water partition coefficient (Wildman–Crippen LogP) is 0.552. The summed E-state index contributed by atoms with van der Waals surface area (Å²) in [7, 11) is -3.03. The Labute approximate surface area is 92.1 Å². The molecule has 0 amide bonds. The van der Waals surface area contributed by atoms with Gasteiger partial charge in [0.15, 0.2) is 0 Å². The molecule has 0 bridgehead atoms. The van der Waals surface area contributed by atoms with E-state index >= 15 is 0 Å². The molecule has 2 atom stereocenters. The zero-order chi connectivity index (χ0) is 10.9. The molecular formula is C10H20N2O2S. The third-order valence-corrected chi connectivity index (χ3v) is 5.94. The molecule has 4 nitrogen and oxygen atoms in total. The van der Waals surface area contributed by atoms with Crippen LogP contribution in [-0.4, -0.2) is 43.6 Å². The zero-order valence-corrected chi connectivity index (χ0v) is 10.1. The van der Waals surface area contributed by atoms with Gasteiger partial charge in [-0.1, -0.05) is 6.92 Å². The van der Waals surface area contributed by atoms with Crippen molar-refractivity contribution in [3.63, 3.8) is 0 Å². The summed E-state index contributed by atoms with van der Waals surface area (Å²) >= 11 is 0. The maximum absolute atomic E-state index is 12.3. The summed E-state index contributed by atoms with van der Waals surface area (Å²) < 4.78 is 26.3. The molecule has 5 heteroatoms. The van der Waals surface area contributed by atoms with Crippen molar-refractivity contribution in [3.8, 4) is 0 Å². The Balaban J connectivity index is 2.13. The van der Waals surface area contributed by atoms with Gasteiger partial charge >= 0.3 is 0 Å². The maximum atomic E-state index is 12.3. The second-order valence-corrected chi connectivity index (χ2v) is 6.64. The van der Waals surface area contributed by atoms with Crippen LogP contribution in [0.3, 0.4) is 0 Å². The number of hydrogen-bond acceptors (Lipinski definition) is 3. The van der Waals surface area contributed by atoms with E-state index in [4.69, 9.17) is 0 Å². The minimum Gasteiger partial charge on any atom is -0.315 e. The first-order valence-electron chi connectivity index (χ1n) is 5.87. The Morgan fingerprint density at radius 1 is 1.40 bits per heavy atom. The van der Waals surface area contributed by atoms with E-state index in [0.717, 1.165) is 38.8 Å². The molecule has 2 saturated heterocycles. The first-order valence-corrected chi connectivity index (χ1v) is 7.38. The van der Waals surface area contributed by atoms with Gasteiger partial charge in [-0.25, -0.2) is 8.42 Å². The smallest absolute Gasteiger partial charge is 0.218 e. The molecule has 2 fully saturated rings. The Morgan fingerprint density at radius 3 is 2.80 bits per heavy atom. The van der Waals surface area contributed by atoms with E-state index in [2.05, 4.69) is 12.2 Å². The van der Waals surface area contributed by atoms with Gasteiger partial charge in [-0.3, -0.25) is 0 Å². The van der Waals surface area contributed by atoms with Crippen molar-refractivity contribution in [3.05, 3.63) is 0 Å². The van der Waals surface area contributed by atoms with Crippen LogP contribution in [0.4, 0.5) is 0 Å². The van der Waals surface area contributed by atoms with E-state index in [1.807, 2.05) is 0 Å². The Hall–Kier alpha value is -0.130. The van der Waals surface area contributed by atoms with Crippen LogP contribution >= 0.6 is 0 Å². The molecule has 2 aliphatic heterocycles. The van der Waals surface area contributed by atoms with Crippen LogP contribution in [0.1, 0.15) is 32.6 Å². The average molecular weight is 232 g/mol. The van der Waals surface area contributed by atoms with Crippen molar-refractivity contribution in [1.29, 1.82) is 0 Å². The zero-order valence-electron chi connectivity index (χ0n) is 9.28. The van der Waals surface area contributed by atoms with Crippen LogP contribution in [0, 0.1) is 0 Å². The fourth-order valence-electron chi connectivity index (χ4n) is 2.63. The lowest BCUT2D eigenvalue weighted by atomic mass is 10.2.